The molecule has 6 N–H and O–H groups in total. The molecule has 0 aliphatic carbocycles. The van der Waals surface area contributed by atoms with Crippen LogP contribution in [0.5, 0.6) is 0 Å². The Morgan fingerprint density at radius 3 is 1.85 bits per heavy atom. The van der Waals surface area contributed by atoms with Crippen LogP contribution in [-0.2, 0) is 16.9 Å². The Labute approximate surface area is 184 Å². The molecular formula is C20H17F6N4O2P. The average Bonchev–Trinajstić information content (AvgIpc) is 2.69. The summed E-state index contributed by atoms with van der Waals surface area (Å²) in [5, 5.41) is 1.87. The summed E-state index contributed by atoms with van der Waals surface area (Å²) in [7, 11) is -5.19. The quantitative estimate of drug-likeness (QED) is 0.192. The third-order valence-electron chi connectivity index (χ3n) is 4.44. The maximum atomic E-state index is 13.7. The topological polar surface area (TPSA) is 105 Å². The summed E-state index contributed by atoms with van der Waals surface area (Å²) in [5.41, 5.74) is 5.82. The molecule has 0 fully saturated rings. The predicted molar refractivity (Wildman–Crippen MR) is 114 cm³/mol. The molecule has 0 heterocycles. The van der Waals surface area contributed by atoms with Crippen LogP contribution in [0, 0.1) is 0 Å². The Balaban J connectivity index is 2.22. The lowest BCUT2D eigenvalue weighted by molar-refractivity contribution is -0.137. The fraction of sp³-hybridized carbons (Fsp3) is 0.100. The molecule has 6 nitrogen and oxygen atoms in total. The monoisotopic (exact) mass is 490 g/mol. The molecule has 1 unspecified atom stereocenters. The molecule has 0 bridgehead atoms. The van der Waals surface area contributed by atoms with E-state index in [-0.39, 0.29) is 17.1 Å². The van der Waals surface area contributed by atoms with E-state index in [1.165, 1.54) is 30.3 Å². The molecule has 33 heavy (non-hydrogen) atoms. The van der Waals surface area contributed by atoms with Gasteiger partial charge in [-0.3, -0.25) is 9.76 Å². The summed E-state index contributed by atoms with van der Waals surface area (Å²) in [6, 6.07) is 11.7. The van der Waals surface area contributed by atoms with Gasteiger partial charge in [0.25, 0.3) is 0 Å². The molecule has 0 radical (unpaired) electrons. The Bertz CT molecular complexity index is 1200. The van der Waals surface area contributed by atoms with Gasteiger partial charge in [-0.15, -0.1) is 0 Å². The molecule has 3 rings (SSSR count). The highest BCUT2D eigenvalue weighted by atomic mass is 31.2. The van der Waals surface area contributed by atoms with E-state index in [0.29, 0.717) is 16.8 Å². The fourth-order valence-electron chi connectivity index (χ4n) is 3.08. The zero-order valence-corrected chi connectivity index (χ0v) is 17.4. The van der Waals surface area contributed by atoms with Crippen LogP contribution in [0.25, 0.3) is 0 Å². The van der Waals surface area contributed by atoms with E-state index in [1.54, 1.807) is 0 Å². The highest BCUT2D eigenvalue weighted by Crippen LogP contribution is 2.56. The number of halogens is 6. The zero-order chi connectivity index (χ0) is 24.6. The maximum absolute atomic E-state index is 13.7. The second kappa shape index (κ2) is 8.53. The van der Waals surface area contributed by atoms with Gasteiger partial charge in [0.05, 0.1) is 28.2 Å². The number of nitrogens with two attached hydrogens (primary N) is 2. The summed E-state index contributed by atoms with van der Waals surface area (Å²) in [6.45, 7) is 0. The van der Waals surface area contributed by atoms with Crippen LogP contribution in [0.15, 0.2) is 66.7 Å². The molecule has 0 amide bonds. The van der Waals surface area contributed by atoms with Gasteiger partial charge in [0, 0.05) is 11.4 Å². The third-order valence-corrected chi connectivity index (χ3v) is 5.96. The smallest absolute Gasteiger partial charge is 0.399 e. The molecule has 3 aromatic rings. The number of alkyl halides is 6. The molecule has 0 aliphatic rings. The van der Waals surface area contributed by atoms with Crippen molar-refractivity contribution in [3.8, 4) is 0 Å². The molecule has 0 aliphatic heterocycles. The van der Waals surface area contributed by atoms with Crippen molar-refractivity contribution >= 4 is 36.1 Å². The minimum atomic E-state index is -5.19. The van der Waals surface area contributed by atoms with E-state index in [0.717, 1.165) is 24.3 Å². The van der Waals surface area contributed by atoms with Crippen molar-refractivity contribution in [1.29, 1.82) is 0 Å². The second-order valence-corrected chi connectivity index (χ2v) is 8.59. The van der Waals surface area contributed by atoms with Gasteiger partial charge in [-0.1, -0.05) is 18.2 Å². The molecule has 0 saturated heterocycles. The van der Waals surface area contributed by atoms with Crippen LogP contribution < -0.4 is 21.2 Å². The first-order valence-corrected chi connectivity index (χ1v) is 10.7. The lowest BCUT2D eigenvalue weighted by Gasteiger charge is -2.32. The molecule has 0 spiro atoms. The second-order valence-electron chi connectivity index (χ2n) is 6.88. The predicted octanol–water partition coefficient (Wildman–Crippen LogP) is 6.24. The number of nitrogens with one attached hydrogen (secondary N) is 1. The number of rotatable bonds is 5. The van der Waals surface area contributed by atoms with E-state index in [9.17, 15) is 35.8 Å². The number of nitrogen functional groups attached to an aromatic ring is 2. The van der Waals surface area contributed by atoms with Crippen LogP contribution in [-0.4, -0.2) is 4.89 Å². The first-order valence-electron chi connectivity index (χ1n) is 9.10. The van der Waals surface area contributed by atoms with Crippen LogP contribution in [0.2, 0.25) is 0 Å². The van der Waals surface area contributed by atoms with Gasteiger partial charge in [-0.05, 0) is 48.5 Å². The van der Waals surface area contributed by atoms with E-state index >= 15 is 0 Å². The molecule has 13 heteroatoms. The van der Waals surface area contributed by atoms with Crippen molar-refractivity contribution in [2.24, 2.45) is 0 Å². The minimum absolute atomic E-state index is 0.185. The zero-order valence-electron chi connectivity index (χ0n) is 16.5. The maximum Gasteiger partial charge on any atom is 0.418 e. The molecule has 0 saturated carbocycles. The van der Waals surface area contributed by atoms with Gasteiger partial charge in [0.1, 0.15) is 0 Å². The summed E-state index contributed by atoms with van der Waals surface area (Å²) >= 11 is 0. The van der Waals surface area contributed by atoms with Crippen LogP contribution in [0.3, 0.4) is 0 Å². The lowest BCUT2D eigenvalue weighted by Crippen LogP contribution is -2.23. The van der Waals surface area contributed by atoms with Gasteiger partial charge < -0.3 is 16.4 Å². The standard InChI is InChI=1S/C20H17F6N4O2P/c21-19(22,23)15-10-12(27)6-8-17(15)29-33(31,32)30(14-4-2-1-3-5-14)18-9-7-13(28)11-16(18)20(24,25)26/h1-11H,27-28H2,(H2,29,31,32). The minimum Gasteiger partial charge on any atom is -0.399 e. The van der Waals surface area contributed by atoms with E-state index in [4.69, 9.17) is 11.5 Å². The van der Waals surface area contributed by atoms with Gasteiger partial charge in [0.15, 0.2) is 0 Å². The summed E-state index contributed by atoms with van der Waals surface area (Å²) in [4.78, 5) is 10.8. The largest absolute Gasteiger partial charge is 0.418 e. The van der Waals surface area contributed by atoms with Crippen molar-refractivity contribution in [2.45, 2.75) is 12.4 Å². The van der Waals surface area contributed by atoms with Gasteiger partial charge in [0.2, 0.25) is 0 Å². The van der Waals surface area contributed by atoms with E-state index in [1.807, 2.05) is 5.09 Å². The number of anilines is 5. The first kappa shape index (κ1) is 24.3. The van der Waals surface area contributed by atoms with Crippen molar-refractivity contribution in [2.75, 3.05) is 21.2 Å². The van der Waals surface area contributed by atoms with Crippen molar-refractivity contribution in [3.05, 3.63) is 77.9 Å². The fourth-order valence-corrected chi connectivity index (χ4v) is 4.60. The molecule has 0 aromatic heterocycles. The summed E-state index contributed by atoms with van der Waals surface area (Å²) in [6.07, 6.45) is -9.95. The third kappa shape index (κ3) is 5.35. The summed E-state index contributed by atoms with van der Waals surface area (Å²) in [5.74, 6) is 0. The Kier molecular flexibility index (Phi) is 6.27. The van der Waals surface area contributed by atoms with Crippen molar-refractivity contribution in [3.63, 3.8) is 0 Å². The van der Waals surface area contributed by atoms with E-state index in [2.05, 4.69) is 0 Å². The Morgan fingerprint density at radius 2 is 1.30 bits per heavy atom. The SMILES string of the molecule is Nc1ccc(NP(=O)(O)N(c2ccccc2)c2ccc(N)cc2C(F)(F)F)c(C(F)(F)F)c1. The van der Waals surface area contributed by atoms with Crippen LogP contribution in [0.1, 0.15) is 11.1 Å². The van der Waals surface area contributed by atoms with E-state index < -0.39 is 42.5 Å². The number of hydrogen-bond donors (Lipinski definition) is 4. The Hall–Kier alpha value is -3.37. The van der Waals surface area contributed by atoms with Crippen LogP contribution in [0.4, 0.5) is 54.8 Å². The van der Waals surface area contributed by atoms with Crippen LogP contribution >= 0.6 is 7.67 Å². The Morgan fingerprint density at radius 1 is 0.788 bits per heavy atom. The molecule has 176 valence electrons. The molecular weight excluding hydrogens is 473 g/mol. The van der Waals surface area contributed by atoms with Crippen molar-refractivity contribution < 1.29 is 35.8 Å². The average molecular weight is 490 g/mol. The van der Waals surface area contributed by atoms with Gasteiger partial charge in [-0.25, -0.2) is 4.57 Å². The lowest BCUT2D eigenvalue weighted by atomic mass is 10.1. The number of benzene rings is 3. The number of para-hydroxylation sites is 1. The first-order chi connectivity index (χ1) is 15.2. The van der Waals surface area contributed by atoms with Crippen molar-refractivity contribution in [1.82, 2.24) is 0 Å². The van der Waals surface area contributed by atoms with Gasteiger partial charge in [-0.2, -0.15) is 26.3 Å². The summed E-state index contributed by atoms with van der Waals surface area (Å²) < 4.78 is 95.4. The normalized spacial score (nSPS) is 13.9. The number of hydrogen-bond acceptors (Lipinski definition) is 3. The highest BCUT2D eigenvalue weighted by molar-refractivity contribution is 7.61. The highest BCUT2D eigenvalue weighted by Gasteiger charge is 2.42. The number of nitrogens with zero attached hydrogens (tertiary/aromatic N) is 1. The van der Waals surface area contributed by atoms with Gasteiger partial charge >= 0.3 is 20.0 Å². The molecule has 1 atom stereocenters. The molecule has 3 aromatic carbocycles.